The number of piperidine rings is 1. The summed E-state index contributed by atoms with van der Waals surface area (Å²) in [7, 11) is 0. The molecule has 3 N–H and O–H groups in total. The van der Waals surface area contributed by atoms with Crippen LogP contribution in [-0.4, -0.2) is 65.5 Å². The van der Waals surface area contributed by atoms with Crippen LogP contribution in [0.25, 0.3) is 0 Å². The first kappa shape index (κ1) is 22.9. The van der Waals surface area contributed by atoms with Gasteiger partial charge in [0.2, 0.25) is 5.91 Å². The first-order chi connectivity index (χ1) is 16.3. The summed E-state index contributed by atoms with van der Waals surface area (Å²) in [4.78, 5) is 28.1. The molecule has 34 heavy (non-hydrogen) atoms. The van der Waals surface area contributed by atoms with Crippen molar-refractivity contribution >= 4 is 23.8 Å². The van der Waals surface area contributed by atoms with Crippen LogP contribution in [0.3, 0.4) is 0 Å². The van der Waals surface area contributed by atoms with Crippen molar-refractivity contribution in [2.45, 2.75) is 56.7 Å². The number of benzene rings is 1. The summed E-state index contributed by atoms with van der Waals surface area (Å²) in [5, 5.41) is 22.2. The molecule has 1 aromatic carbocycles. The van der Waals surface area contributed by atoms with Gasteiger partial charge in [0.25, 0.3) is 0 Å². The number of hydrogen-bond acceptors (Lipinski definition) is 7. The minimum absolute atomic E-state index is 0.0117. The Morgan fingerprint density at radius 1 is 1.44 bits per heavy atom. The number of ether oxygens (including phenoxy) is 2. The van der Waals surface area contributed by atoms with Crippen molar-refractivity contribution in [3.63, 3.8) is 0 Å². The third kappa shape index (κ3) is 3.26. The molecule has 0 aliphatic carbocycles. The van der Waals surface area contributed by atoms with Crippen LogP contribution < -0.4 is 10.1 Å². The maximum Gasteiger partial charge on any atom is 0.342 e. The Bertz CT molecular complexity index is 1040. The second-order valence-electron chi connectivity index (χ2n) is 10.1. The highest BCUT2D eigenvalue weighted by Crippen LogP contribution is 2.52. The Morgan fingerprint density at radius 3 is 2.94 bits per heavy atom. The van der Waals surface area contributed by atoms with Crippen molar-refractivity contribution in [1.82, 2.24) is 4.90 Å². The lowest BCUT2D eigenvalue weighted by atomic mass is 9.66. The Morgan fingerprint density at radius 2 is 2.24 bits per heavy atom. The van der Waals surface area contributed by atoms with Gasteiger partial charge in [-0.15, -0.1) is 0 Å². The van der Waals surface area contributed by atoms with Crippen LogP contribution in [0, 0.1) is 23.2 Å². The fraction of sp³-hybridized carbons (Fsp3) is 0.577. The number of nitrogens with zero attached hydrogens (tertiary/aromatic N) is 1. The van der Waals surface area contributed by atoms with Crippen molar-refractivity contribution in [3.05, 3.63) is 35.9 Å². The third-order valence-electron chi connectivity index (χ3n) is 8.39. The predicted octanol–water partition coefficient (Wildman–Crippen LogP) is 2.72. The maximum atomic E-state index is 13.6. The summed E-state index contributed by atoms with van der Waals surface area (Å²) in [6.45, 7) is 8.78. The molecule has 5 rings (SSSR count). The highest BCUT2D eigenvalue weighted by molar-refractivity contribution is 5.89. The number of carbonyl (C=O) groups is 2. The number of rotatable bonds is 6. The molecule has 4 heterocycles. The Hall–Kier alpha value is -2.87. The number of anilines is 1. The van der Waals surface area contributed by atoms with Crippen LogP contribution in [0.4, 0.5) is 5.69 Å². The highest BCUT2D eigenvalue weighted by atomic mass is 16.6. The number of amides is 1. The van der Waals surface area contributed by atoms with Gasteiger partial charge in [-0.25, -0.2) is 4.79 Å². The molecule has 8 nitrogen and oxygen atoms in total. The van der Waals surface area contributed by atoms with Crippen molar-refractivity contribution in [2.24, 2.45) is 17.8 Å². The van der Waals surface area contributed by atoms with Gasteiger partial charge in [0.1, 0.15) is 12.4 Å². The van der Waals surface area contributed by atoms with Crippen LogP contribution in [0.1, 0.15) is 44.6 Å². The molecule has 4 aliphatic rings. The largest absolute Gasteiger partial charge is 0.493 e. The Balaban J connectivity index is 1.46. The molecular formula is C26H33N3O5. The standard InChI is InChI=1S/C26H33N3O5/c1-4-16-17-10-15(33-9-5-8-27)6-7-21(17)28-23-18(16)12-29-22(23)11-20-19(24(29)30)13-34-25(31)26(20,32)14(2)3/h6-8,10,16,18-20,22-23,27-28,32H,2,4-5,9,11-13H2,1,3H3/t16?,18?,19?,20?,22?,23?,26-/m0/s1. The number of hydrogen-bond donors (Lipinski definition) is 3. The van der Waals surface area contributed by atoms with E-state index >= 15 is 0 Å². The summed E-state index contributed by atoms with van der Waals surface area (Å²) < 4.78 is 11.1. The topological polar surface area (TPSA) is 112 Å². The van der Waals surface area contributed by atoms with E-state index in [1.807, 2.05) is 17.0 Å². The van der Waals surface area contributed by atoms with Crippen LogP contribution in [0.5, 0.6) is 5.75 Å². The van der Waals surface area contributed by atoms with E-state index in [4.69, 9.17) is 14.9 Å². The molecule has 0 bridgehead atoms. The second-order valence-corrected chi connectivity index (χ2v) is 10.1. The molecule has 7 atom stereocenters. The zero-order chi connectivity index (χ0) is 24.2. The van der Waals surface area contributed by atoms with Crippen molar-refractivity contribution in [3.8, 4) is 5.75 Å². The van der Waals surface area contributed by atoms with Crippen molar-refractivity contribution < 1.29 is 24.2 Å². The smallest absolute Gasteiger partial charge is 0.342 e. The van der Waals surface area contributed by atoms with Gasteiger partial charge < -0.3 is 30.2 Å². The first-order valence-electron chi connectivity index (χ1n) is 12.2. The van der Waals surface area contributed by atoms with Gasteiger partial charge in [0, 0.05) is 30.5 Å². The summed E-state index contributed by atoms with van der Waals surface area (Å²) in [6, 6.07) is 5.99. The molecule has 1 amide bonds. The minimum Gasteiger partial charge on any atom is -0.493 e. The average molecular weight is 468 g/mol. The molecule has 8 heteroatoms. The Labute approximate surface area is 199 Å². The van der Waals surface area contributed by atoms with Crippen LogP contribution >= 0.6 is 0 Å². The summed E-state index contributed by atoms with van der Waals surface area (Å²) in [5.41, 5.74) is 0.731. The summed E-state index contributed by atoms with van der Waals surface area (Å²) in [6.07, 6.45) is 3.37. The van der Waals surface area contributed by atoms with E-state index in [1.165, 1.54) is 11.8 Å². The fourth-order valence-electron chi connectivity index (χ4n) is 6.68. The van der Waals surface area contributed by atoms with E-state index in [-0.39, 0.29) is 36.4 Å². The maximum absolute atomic E-state index is 13.6. The molecule has 182 valence electrons. The number of aliphatic hydroxyl groups is 1. The lowest BCUT2D eigenvalue weighted by Crippen LogP contribution is -2.64. The van der Waals surface area contributed by atoms with Gasteiger partial charge in [-0.05, 0) is 61.2 Å². The van der Waals surface area contributed by atoms with Crippen LogP contribution in [0.2, 0.25) is 0 Å². The summed E-state index contributed by atoms with van der Waals surface area (Å²) in [5.74, 6) is -0.554. The normalized spacial score (nSPS) is 35.8. The lowest BCUT2D eigenvalue weighted by Gasteiger charge is -2.49. The molecule has 4 aliphatic heterocycles. The molecule has 3 saturated heterocycles. The van der Waals surface area contributed by atoms with Gasteiger partial charge in [0.05, 0.1) is 24.6 Å². The van der Waals surface area contributed by atoms with Gasteiger partial charge in [-0.3, -0.25) is 4.79 Å². The zero-order valence-corrected chi connectivity index (χ0v) is 19.8. The molecule has 6 unspecified atom stereocenters. The molecule has 0 spiro atoms. The number of carbonyl (C=O) groups excluding carboxylic acids is 2. The summed E-state index contributed by atoms with van der Waals surface area (Å²) >= 11 is 0. The van der Waals surface area contributed by atoms with Gasteiger partial charge >= 0.3 is 5.97 Å². The van der Waals surface area contributed by atoms with E-state index in [2.05, 4.69) is 24.9 Å². The van der Waals surface area contributed by atoms with Crippen molar-refractivity contribution in [2.75, 3.05) is 25.1 Å². The van der Waals surface area contributed by atoms with Gasteiger partial charge in [-0.1, -0.05) is 13.5 Å². The molecule has 3 fully saturated rings. The molecule has 0 radical (unpaired) electrons. The molecule has 1 aromatic rings. The second kappa shape index (κ2) is 8.41. The highest BCUT2D eigenvalue weighted by Gasteiger charge is 2.62. The van der Waals surface area contributed by atoms with E-state index in [0.717, 1.165) is 17.9 Å². The van der Waals surface area contributed by atoms with Crippen LogP contribution in [-0.2, 0) is 14.3 Å². The van der Waals surface area contributed by atoms with E-state index < -0.39 is 23.4 Å². The quantitative estimate of drug-likeness (QED) is 0.257. The fourth-order valence-corrected chi connectivity index (χ4v) is 6.68. The van der Waals surface area contributed by atoms with Crippen LogP contribution in [0.15, 0.2) is 30.4 Å². The number of nitrogens with one attached hydrogen (secondary N) is 2. The molecule has 0 saturated carbocycles. The van der Waals surface area contributed by atoms with E-state index in [9.17, 15) is 14.7 Å². The number of esters is 1. The minimum atomic E-state index is -1.83. The number of fused-ring (bicyclic) bond motifs is 5. The van der Waals surface area contributed by atoms with E-state index in [1.54, 1.807) is 6.92 Å². The monoisotopic (exact) mass is 467 g/mol. The zero-order valence-electron chi connectivity index (χ0n) is 19.8. The lowest BCUT2D eigenvalue weighted by molar-refractivity contribution is -0.194. The molecule has 0 aromatic heterocycles. The third-order valence-corrected chi connectivity index (χ3v) is 8.39. The predicted molar refractivity (Wildman–Crippen MR) is 127 cm³/mol. The van der Waals surface area contributed by atoms with Gasteiger partial charge in [-0.2, -0.15) is 0 Å². The first-order valence-corrected chi connectivity index (χ1v) is 12.2. The van der Waals surface area contributed by atoms with Gasteiger partial charge in [0.15, 0.2) is 5.60 Å². The Kier molecular flexibility index (Phi) is 5.67. The van der Waals surface area contributed by atoms with Crippen molar-refractivity contribution in [1.29, 1.82) is 5.41 Å². The SMILES string of the molecule is C=C(C)[C@@]1(O)C(=O)OCC2C(=O)N3CC4C(CC)c5cc(OCCC=N)ccc5NC4C3CC21. The number of cyclic esters (lactones) is 1. The molecular weight excluding hydrogens is 434 g/mol. The van der Waals surface area contributed by atoms with E-state index in [0.29, 0.717) is 31.6 Å². The average Bonchev–Trinajstić information content (AvgIpc) is 3.19.